The summed E-state index contributed by atoms with van der Waals surface area (Å²) < 4.78 is 12.8. The molecule has 1 heterocycles. The summed E-state index contributed by atoms with van der Waals surface area (Å²) in [4.78, 5) is 22.0. The Morgan fingerprint density at radius 3 is 2.47 bits per heavy atom. The normalized spacial score (nSPS) is 10.2. The highest BCUT2D eigenvalue weighted by molar-refractivity contribution is 7.12. The molecule has 0 radical (unpaired) electrons. The first kappa shape index (κ1) is 11.5. The van der Waals surface area contributed by atoms with Crippen LogP contribution in [0.25, 0.3) is 11.1 Å². The number of carboxylic acids is 1. The van der Waals surface area contributed by atoms with Crippen LogP contribution in [0, 0.1) is 5.82 Å². The average molecular weight is 250 g/mol. The highest BCUT2D eigenvalue weighted by Gasteiger charge is 2.18. The fourth-order valence-electron chi connectivity index (χ4n) is 1.52. The monoisotopic (exact) mass is 250 g/mol. The fourth-order valence-corrected chi connectivity index (χ4v) is 2.39. The summed E-state index contributed by atoms with van der Waals surface area (Å²) in [5.74, 6) is -1.55. The summed E-state index contributed by atoms with van der Waals surface area (Å²) >= 11 is 1.06. The van der Waals surface area contributed by atoms with Crippen molar-refractivity contribution in [3.05, 3.63) is 45.9 Å². The Labute approximate surface area is 100 Å². The molecule has 1 aromatic heterocycles. The number of aromatic carboxylic acids is 1. The zero-order valence-corrected chi connectivity index (χ0v) is 9.33. The van der Waals surface area contributed by atoms with Crippen LogP contribution in [0.2, 0.25) is 0 Å². The molecule has 0 saturated carbocycles. The lowest BCUT2D eigenvalue weighted by Gasteiger charge is -2.01. The van der Waals surface area contributed by atoms with Crippen molar-refractivity contribution in [3.8, 4) is 11.1 Å². The summed E-state index contributed by atoms with van der Waals surface area (Å²) in [5.41, 5.74) is 0.981. The van der Waals surface area contributed by atoms with Gasteiger partial charge in [-0.15, -0.1) is 11.3 Å². The Balaban J connectivity index is 2.59. The van der Waals surface area contributed by atoms with Crippen LogP contribution in [0.15, 0.2) is 29.6 Å². The number of carboxylic acid groups (broad SMARTS) is 1. The van der Waals surface area contributed by atoms with Crippen LogP contribution in [0.4, 0.5) is 4.39 Å². The molecule has 2 aromatic rings. The third-order valence-corrected chi connectivity index (χ3v) is 3.20. The summed E-state index contributed by atoms with van der Waals surface area (Å²) in [7, 11) is 0. The largest absolute Gasteiger partial charge is 0.478 e. The number of carbonyl (C=O) groups is 2. The Morgan fingerprint density at radius 2 is 1.94 bits per heavy atom. The van der Waals surface area contributed by atoms with Gasteiger partial charge >= 0.3 is 5.97 Å². The van der Waals surface area contributed by atoms with E-state index >= 15 is 0 Å². The molecule has 0 atom stereocenters. The molecule has 0 bridgehead atoms. The molecule has 86 valence electrons. The van der Waals surface area contributed by atoms with E-state index in [0.29, 0.717) is 17.4 Å². The molecule has 0 amide bonds. The predicted molar refractivity (Wildman–Crippen MR) is 62.1 cm³/mol. The molecule has 0 aliphatic carbocycles. The summed E-state index contributed by atoms with van der Waals surface area (Å²) in [6.45, 7) is 0. The first-order chi connectivity index (χ1) is 8.13. The maximum atomic E-state index is 12.8. The maximum Gasteiger partial charge on any atom is 0.337 e. The third kappa shape index (κ3) is 2.09. The van der Waals surface area contributed by atoms with E-state index in [1.807, 2.05) is 0 Å². The minimum absolute atomic E-state index is 0.0309. The van der Waals surface area contributed by atoms with Gasteiger partial charge in [-0.3, -0.25) is 4.79 Å². The topological polar surface area (TPSA) is 54.4 Å². The molecule has 1 N–H and O–H groups in total. The molecule has 0 unspecified atom stereocenters. The number of rotatable bonds is 3. The number of aldehydes is 1. The molecule has 0 aliphatic rings. The molecule has 17 heavy (non-hydrogen) atoms. The standard InChI is InChI=1S/C12H7FO3S/c13-8-3-1-7(2-4-8)9-6-17-10(5-14)11(9)12(15)16/h1-6H,(H,15,16). The summed E-state index contributed by atoms with van der Waals surface area (Å²) in [5, 5.41) is 10.6. The molecule has 0 saturated heterocycles. The molecule has 2 rings (SSSR count). The number of hydrogen-bond donors (Lipinski definition) is 1. The highest BCUT2D eigenvalue weighted by Crippen LogP contribution is 2.30. The van der Waals surface area contributed by atoms with Gasteiger partial charge in [0.1, 0.15) is 5.82 Å². The van der Waals surface area contributed by atoms with E-state index in [1.54, 1.807) is 5.38 Å². The van der Waals surface area contributed by atoms with E-state index in [4.69, 9.17) is 5.11 Å². The van der Waals surface area contributed by atoms with E-state index in [0.717, 1.165) is 11.3 Å². The van der Waals surface area contributed by atoms with Crippen molar-refractivity contribution in [2.75, 3.05) is 0 Å². The molecular formula is C12H7FO3S. The lowest BCUT2D eigenvalue weighted by molar-refractivity contribution is 0.0695. The number of carbonyl (C=O) groups excluding carboxylic acids is 1. The van der Waals surface area contributed by atoms with Crippen LogP contribution in [-0.4, -0.2) is 17.4 Å². The Hall–Kier alpha value is -2.01. The van der Waals surface area contributed by atoms with E-state index in [2.05, 4.69) is 0 Å². The minimum Gasteiger partial charge on any atom is -0.478 e. The Morgan fingerprint density at radius 1 is 1.29 bits per heavy atom. The summed E-state index contributed by atoms with van der Waals surface area (Å²) in [6.07, 6.45) is 0.515. The van der Waals surface area contributed by atoms with Gasteiger partial charge in [0.25, 0.3) is 0 Å². The van der Waals surface area contributed by atoms with Crippen molar-refractivity contribution in [3.63, 3.8) is 0 Å². The van der Waals surface area contributed by atoms with Crippen LogP contribution < -0.4 is 0 Å². The van der Waals surface area contributed by atoms with Crippen LogP contribution in [-0.2, 0) is 0 Å². The number of hydrogen-bond acceptors (Lipinski definition) is 3. The smallest absolute Gasteiger partial charge is 0.337 e. The fraction of sp³-hybridized carbons (Fsp3) is 0. The van der Waals surface area contributed by atoms with E-state index < -0.39 is 11.8 Å². The van der Waals surface area contributed by atoms with Crippen molar-refractivity contribution in [1.82, 2.24) is 0 Å². The highest BCUT2D eigenvalue weighted by atomic mass is 32.1. The lowest BCUT2D eigenvalue weighted by Crippen LogP contribution is -2.00. The third-order valence-electron chi connectivity index (χ3n) is 2.30. The molecular weight excluding hydrogens is 243 g/mol. The summed E-state index contributed by atoms with van der Waals surface area (Å²) in [6, 6.07) is 5.47. The van der Waals surface area contributed by atoms with Gasteiger partial charge in [0.2, 0.25) is 0 Å². The molecule has 0 spiro atoms. The van der Waals surface area contributed by atoms with Gasteiger partial charge in [-0.05, 0) is 17.7 Å². The predicted octanol–water partition coefficient (Wildman–Crippen LogP) is 3.06. The number of thiophene rings is 1. The van der Waals surface area contributed by atoms with Crippen LogP contribution in [0.1, 0.15) is 20.0 Å². The van der Waals surface area contributed by atoms with Crippen LogP contribution in [0.5, 0.6) is 0 Å². The van der Waals surface area contributed by atoms with E-state index in [9.17, 15) is 14.0 Å². The first-order valence-corrected chi connectivity index (χ1v) is 5.57. The SMILES string of the molecule is O=Cc1scc(-c2ccc(F)cc2)c1C(=O)O. The van der Waals surface area contributed by atoms with Crippen LogP contribution >= 0.6 is 11.3 Å². The van der Waals surface area contributed by atoms with Gasteiger partial charge in [0, 0.05) is 10.9 Å². The second-order valence-corrected chi connectivity index (χ2v) is 4.23. The van der Waals surface area contributed by atoms with Gasteiger partial charge in [-0.1, -0.05) is 12.1 Å². The molecule has 1 aromatic carbocycles. The van der Waals surface area contributed by atoms with Crippen molar-refractivity contribution >= 4 is 23.6 Å². The average Bonchev–Trinajstić information content (AvgIpc) is 2.73. The Bertz CT molecular complexity index is 572. The van der Waals surface area contributed by atoms with E-state index in [1.165, 1.54) is 24.3 Å². The molecule has 5 heteroatoms. The number of halogens is 1. The molecule has 0 fully saturated rings. The van der Waals surface area contributed by atoms with Crippen molar-refractivity contribution in [2.24, 2.45) is 0 Å². The van der Waals surface area contributed by atoms with Gasteiger partial charge < -0.3 is 5.11 Å². The zero-order chi connectivity index (χ0) is 12.4. The van der Waals surface area contributed by atoms with Crippen molar-refractivity contribution in [1.29, 1.82) is 0 Å². The lowest BCUT2D eigenvalue weighted by atomic mass is 10.0. The second kappa shape index (κ2) is 4.47. The van der Waals surface area contributed by atoms with Crippen molar-refractivity contribution < 1.29 is 19.1 Å². The van der Waals surface area contributed by atoms with Crippen molar-refractivity contribution in [2.45, 2.75) is 0 Å². The second-order valence-electron chi connectivity index (χ2n) is 3.32. The maximum absolute atomic E-state index is 12.8. The zero-order valence-electron chi connectivity index (χ0n) is 8.51. The molecule has 3 nitrogen and oxygen atoms in total. The number of benzene rings is 1. The van der Waals surface area contributed by atoms with E-state index in [-0.39, 0.29) is 10.4 Å². The molecule has 0 aliphatic heterocycles. The minimum atomic E-state index is -1.16. The van der Waals surface area contributed by atoms with Gasteiger partial charge in [0.05, 0.1) is 10.4 Å². The van der Waals surface area contributed by atoms with Gasteiger partial charge in [-0.25, -0.2) is 9.18 Å². The van der Waals surface area contributed by atoms with Crippen LogP contribution in [0.3, 0.4) is 0 Å². The first-order valence-electron chi connectivity index (χ1n) is 4.69. The quantitative estimate of drug-likeness (QED) is 0.852. The van der Waals surface area contributed by atoms with Gasteiger partial charge in [0.15, 0.2) is 6.29 Å². The van der Waals surface area contributed by atoms with Gasteiger partial charge in [-0.2, -0.15) is 0 Å². The Kier molecular flexibility index (Phi) is 3.01.